The molecule has 0 saturated carbocycles. The van der Waals surface area contributed by atoms with Gasteiger partial charge in [0.2, 0.25) is 11.8 Å². The summed E-state index contributed by atoms with van der Waals surface area (Å²) in [5, 5.41) is 2.00. The molecule has 26 heavy (non-hydrogen) atoms. The van der Waals surface area contributed by atoms with Crippen molar-refractivity contribution in [2.24, 2.45) is 0 Å². The number of carbonyl (C=O) groups is 2. The number of hydrogen-bond acceptors (Lipinski definition) is 3. The lowest BCUT2D eigenvalue weighted by Crippen LogP contribution is -2.38. The Morgan fingerprint density at radius 3 is 2.31 bits per heavy atom. The van der Waals surface area contributed by atoms with Crippen molar-refractivity contribution in [3.63, 3.8) is 0 Å². The van der Waals surface area contributed by atoms with Crippen molar-refractivity contribution in [1.29, 1.82) is 0 Å². The van der Waals surface area contributed by atoms with Crippen LogP contribution in [0.2, 0.25) is 0 Å². The van der Waals surface area contributed by atoms with Crippen molar-refractivity contribution in [2.45, 2.75) is 32.6 Å². The fraction of sp³-hybridized carbons (Fsp3) is 0.429. The molecule has 0 unspecified atom stereocenters. The number of carbonyl (C=O) groups excluding carboxylic acids is 2. The number of rotatable bonds is 5. The van der Waals surface area contributed by atoms with E-state index in [-0.39, 0.29) is 11.8 Å². The van der Waals surface area contributed by atoms with E-state index in [0.29, 0.717) is 25.9 Å². The van der Waals surface area contributed by atoms with Crippen LogP contribution in [0.1, 0.15) is 28.8 Å². The second-order valence-corrected chi connectivity index (χ2v) is 7.89. The summed E-state index contributed by atoms with van der Waals surface area (Å²) in [5.74, 6) is 0.361. The SMILES string of the molecule is Cc1ccc(CCC(=O)N2CCCN(C(=O)Cc3cccs3)CC2)cc1. The van der Waals surface area contributed by atoms with Crippen molar-refractivity contribution in [2.75, 3.05) is 26.2 Å². The molecule has 138 valence electrons. The number of benzene rings is 1. The molecule has 0 spiro atoms. The van der Waals surface area contributed by atoms with Gasteiger partial charge in [-0.25, -0.2) is 0 Å². The highest BCUT2D eigenvalue weighted by atomic mass is 32.1. The van der Waals surface area contributed by atoms with Crippen LogP contribution in [0.3, 0.4) is 0 Å². The summed E-state index contributed by atoms with van der Waals surface area (Å²) in [6.07, 6.45) is 2.63. The Bertz CT molecular complexity index is 725. The summed E-state index contributed by atoms with van der Waals surface area (Å²) >= 11 is 1.62. The summed E-state index contributed by atoms with van der Waals surface area (Å²) in [6.45, 7) is 4.84. The fourth-order valence-corrected chi connectivity index (χ4v) is 3.95. The number of hydrogen-bond donors (Lipinski definition) is 0. The van der Waals surface area contributed by atoms with Gasteiger partial charge in [-0.1, -0.05) is 35.9 Å². The molecule has 4 nitrogen and oxygen atoms in total. The monoisotopic (exact) mass is 370 g/mol. The van der Waals surface area contributed by atoms with Crippen LogP contribution in [0.4, 0.5) is 0 Å². The van der Waals surface area contributed by atoms with Crippen molar-refractivity contribution in [3.8, 4) is 0 Å². The van der Waals surface area contributed by atoms with Gasteiger partial charge in [-0.15, -0.1) is 11.3 Å². The number of aryl methyl sites for hydroxylation is 2. The zero-order valence-electron chi connectivity index (χ0n) is 15.3. The molecule has 0 radical (unpaired) electrons. The Balaban J connectivity index is 1.47. The van der Waals surface area contributed by atoms with Gasteiger partial charge in [0, 0.05) is 37.5 Å². The van der Waals surface area contributed by atoms with E-state index in [1.165, 1.54) is 11.1 Å². The minimum Gasteiger partial charge on any atom is -0.341 e. The van der Waals surface area contributed by atoms with Gasteiger partial charge >= 0.3 is 0 Å². The first kappa shape index (κ1) is 18.6. The number of nitrogens with zero attached hydrogens (tertiary/aromatic N) is 2. The molecule has 1 aliphatic heterocycles. The van der Waals surface area contributed by atoms with Crippen LogP contribution in [0.15, 0.2) is 41.8 Å². The van der Waals surface area contributed by atoms with Gasteiger partial charge in [0.15, 0.2) is 0 Å². The predicted octanol–water partition coefficient (Wildman–Crippen LogP) is 3.29. The van der Waals surface area contributed by atoms with Gasteiger partial charge in [0.25, 0.3) is 0 Å². The molecule has 1 aliphatic rings. The normalized spacial score (nSPS) is 15.0. The molecule has 1 fully saturated rings. The van der Waals surface area contributed by atoms with Crippen LogP contribution in [-0.2, 0) is 22.4 Å². The Hall–Kier alpha value is -2.14. The predicted molar refractivity (Wildman–Crippen MR) is 105 cm³/mol. The summed E-state index contributed by atoms with van der Waals surface area (Å²) in [6, 6.07) is 12.3. The third-order valence-corrected chi connectivity index (χ3v) is 5.73. The van der Waals surface area contributed by atoms with Crippen molar-refractivity contribution in [3.05, 3.63) is 57.8 Å². The maximum Gasteiger partial charge on any atom is 0.227 e. The fourth-order valence-electron chi connectivity index (χ4n) is 3.25. The lowest BCUT2D eigenvalue weighted by atomic mass is 10.1. The second kappa shape index (κ2) is 8.99. The molecule has 0 N–H and O–H groups in total. The van der Waals surface area contributed by atoms with Crippen LogP contribution in [0.25, 0.3) is 0 Å². The third kappa shape index (κ3) is 5.18. The standard InChI is InChI=1S/C21H26N2O2S/c1-17-5-7-18(8-6-17)9-10-20(24)22-11-3-12-23(14-13-22)21(25)16-19-4-2-15-26-19/h2,4-8,15H,3,9-14,16H2,1H3. The van der Waals surface area contributed by atoms with E-state index in [1.807, 2.05) is 27.3 Å². The lowest BCUT2D eigenvalue weighted by molar-refractivity contribution is -0.133. The Kier molecular flexibility index (Phi) is 6.45. The minimum absolute atomic E-state index is 0.168. The van der Waals surface area contributed by atoms with Crippen LogP contribution < -0.4 is 0 Å². The summed E-state index contributed by atoms with van der Waals surface area (Å²) < 4.78 is 0. The number of amides is 2. The smallest absolute Gasteiger partial charge is 0.227 e. The molecule has 2 amide bonds. The maximum atomic E-state index is 12.5. The molecular weight excluding hydrogens is 344 g/mol. The number of thiophene rings is 1. The minimum atomic E-state index is 0.168. The van der Waals surface area contributed by atoms with Gasteiger partial charge in [0.1, 0.15) is 0 Å². The molecule has 2 heterocycles. The third-order valence-electron chi connectivity index (χ3n) is 4.86. The average Bonchev–Trinajstić information content (AvgIpc) is 3.02. The zero-order chi connectivity index (χ0) is 18.4. The summed E-state index contributed by atoms with van der Waals surface area (Å²) in [7, 11) is 0. The van der Waals surface area contributed by atoms with Crippen molar-refractivity contribution in [1.82, 2.24) is 9.80 Å². The molecule has 0 bridgehead atoms. The van der Waals surface area contributed by atoms with E-state index in [9.17, 15) is 9.59 Å². The quantitative estimate of drug-likeness (QED) is 0.810. The summed E-state index contributed by atoms with van der Waals surface area (Å²) in [5.41, 5.74) is 2.44. The molecular formula is C21H26N2O2S. The van der Waals surface area contributed by atoms with Crippen LogP contribution in [0.5, 0.6) is 0 Å². The molecule has 1 saturated heterocycles. The molecule has 0 atom stereocenters. The zero-order valence-corrected chi connectivity index (χ0v) is 16.1. The van der Waals surface area contributed by atoms with E-state index >= 15 is 0 Å². The van der Waals surface area contributed by atoms with Gasteiger partial charge in [0.05, 0.1) is 6.42 Å². The first-order chi connectivity index (χ1) is 12.6. The molecule has 0 aliphatic carbocycles. The van der Waals surface area contributed by atoms with Crippen molar-refractivity contribution < 1.29 is 9.59 Å². The van der Waals surface area contributed by atoms with Gasteiger partial charge < -0.3 is 9.80 Å². The van der Waals surface area contributed by atoms with E-state index < -0.39 is 0 Å². The first-order valence-electron chi connectivity index (χ1n) is 9.25. The van der Waals surface area contributed by atoms with Crippen LogP contribution in [-0.4, -0.2) is 47.8 Å². The van der Waals surface area contributed by atoms with Gasteiger partial charge in [-0.2, -0.15) is 0 Å². The second-order valence-electron chi connectivity index (χ2n) is 6.86. The van der Waals surface area contributed by atoms with Crippen LogP contribution in [0, 0.1) is 6.92 Å². The van der Waals surface area contributed by atoms with E-state index in [4.69, 9.17) is 0 Å². The average molecular weight is 371 g/mol. The van der Waals surface area contributed by atoms with Gasteiger partial charge in [-0.05, 0) is 36.8 Å². The molecule has 1 aromatic heterocycles. The Morgan fingerprint density at radius 1 is 0.962 bits per heavy atom. The highest BCUT2D eigenvalue weighted by molar-refractivity contribution is 7.10. The first-order valence-corrected chi connectivity index (χ1v) is 10.1. The Morgan fingerprint density at radius 2 is 1.65 bits per heavy atom. The molecule has 2 aromatic rings. The largest absolute Gasteiger partial charge is 0.341 e. The van der Waals surface area contributed by atoms with Crippen LogP contribution >= 0.6 is 11.3 Å². The van der Waals surface area contributed by atoms with E-state index in [1.54, 1.807) is 11.3 Å². The Labute approximate surface area is 159 Å². The van der Waals surface area contributed by atoms with Gasteiger partial charge in [-0.3, -0.25) is 9.59 Å². The molecule has 5 heteroatoms. The summed E-state index contributed by atoms with van der Waals surface area (Å²) in [4.78, 5) is 29.9. The lowest BCUT2D eigenvalue weighted by Gasteiger charge is -2.22. The highest BCUT2D eigenvalue weighted by Crippen LogP contribution is 2.13. The maximum absolute atomic E-state index is 12.5. The molecule has 3 rings (SSSR count). The van der Waals surface area contributed by atoms with Crippen molar-refractivity contribution >= 4 is 23.2 Å². The topological polar surface area (TPSA) is 40.6 Å². The molecule has 1 aromatic carbocycles. The van der Waals surface area contributed by atoms with E-state index in [0.717, 1.165) is 30.8 Å². The van der Waals surface area contributed by atoms with E-state index in [2.05, 4.69) is 31.2 Å². The highest BCUT2D eigenvalue weighted by Gasteiger charge is 2.22.